The maximum Gasteiger partial charge on any atom is 0.265 e. The van der Waals surface area contributed by atoms with Crippen molar-refractivity contribution < 1.29 is 18.3 Å². The number of hydrogen-bond acceptors (Lipinski definition) is 7. The first-order chi connectivity index (χ1) is 17.9. The SMILES string of the molecule is Cc1nn(C2CCCCO2)c2ccc(-c3cc(C4(O)CCCC4)ccn3)c(NS(=O)(=O)c3cn[nH]c3)c12. The highest BCUT2D eigenvalue weighted by molar-refractivity contribution is 7.92. The molecule has 1 saturated heterocycles. The van der Waals surface area contributed by atoms with Crippen LogP contribution in [0.25, 0.3) is 22.2 Å². The quantitative estimate of drug-likeness (QED) is 0.342. The minimum absolute atomic E-state index is 0.0260. The summed E-state index contributed by atoms with van der Waals surface area (Å²) in [5.74, 6) is 0. The number of aromatic amines is 1. The number of rotatable bonds is 6. The van der Waals surface area contributed by atoms with Crippen LogP contribution in [0.15, 0.2) is 47.8 Å². The van der Waals surface area contributed by atoms with E-state index in [1.807, 2.05) is 35.9 Å². The van der Waals surface area contributed by atoms with Crippen LogP contribution >= 0.6 is 0 Å². The van der Waals surface area contributed by atoms with E-state index in [0.717, 1.165) is 43.2 Å². The largest absolute Gasteiger partial charge is 0.385 e. The average molecular weight is 523 g/mol. The number of aliphatic hydroxyl groups is 1. The number of nitrogens with one attached hydrogen (secondary N) is 2. The Balaban J connectivity index is 1.53. The monoisotopic (exact) mass is 522 g/mol. The number of fused-ring (bicyclic) bond motifs is 1. The first-order valence-corrected chi connectivity index (χ1v) is 14.2. The third kappa shape index (κ3) is 4.30. The summed E-state index contributed by atoms with van der Waals surface area (Å²) in [5.41, 5.74) is 2.94. The maximum absolute atomic E-state index is 13.4. The van der Waals surface area contributed by atoms with Gasteiger partial charge in [0.25, 0.3) is 10.0 Å². The topological polar surface area (TPSA) is 135 Å². The molecule has 194 valence electrons. The molecule has 1 unspecified atom stereocenters. The van der Waals surface area contributed by atoms with Gasteiger partial charge in [-0.2, -0.15) is 10.2 Å². The van der Waals surface area contributed by atoms with Crippen LogP contribution < -0.4 is 4.72 Å². The van der Waals surface area contributed by atoms with Gasteiger partial charge in [0.05, 0.1) is 34.4 Å². The molecule has 0 radical (unpaired) electrons. The molecule has 4 aromatic rings. The second-order valence-electron chi connectivity index (χ2n) is 9.94. The van der Waals surface area contributed by atoms with Crippen molar-refractivity contribution in [1.82, 2.24) is 25.0 Å². The molecule has 11 heteroatoms. The van der Waals surface area contributed by atoms with Gasteiger partial charge in [-0.05, 0) is 68.9 Å². The van der Waals surface area contributed by atoms with Gasteiger partial charge in [0.15, 0.2) is 6.23 Å². The van der Waals surface area contributed by atoms with Gasteiger partial charge in [-0.25, -0.2) is 13.1 Å². The Hall–Kier alpha value is -3.28. The molecule has 3 N–H and O–H groups in total. The molecule has 1 aliphatic carbocycles. The molecule has 0 amide bonds. The van der Waals surface area contributed by atoms with E-state index in [1.54, 1.807) is 6.20 Å². The van der Waals surface area contributed by atoms with Crippen LogP contribution in [-0.2, 0) is 20.4 Å². The summed E-state index contributed by atoms with van der Waals surface area (Å²) in [5, 5.41) is 23.0. The molecule has 1 aliphatic heterocycles. The summed E-state index contributed by atoms with van der Waals surface area (Å²) < 4.78 is 37.4. The summed E-state index contributed by atoms with van der Waals surface area (Å²) in [4.78, 5) is 4.61. The molecule has 1 atom stereocenters. The Morgan fingerprint density at radius 2 is 2.03 bits per heavy atom. The fourth-order valence-electron chi connectivity index (χ4n) is 5.57. The predicted molar refractivity (Wildman–Crippen MR) is 138 cm³/mol. The van der Waals surface area contributed by atoms with E-state index in [-0.39, 0.29) is 11.1 Å². The summed E-state index contributed by atoms with van der Waals surface area (Å²) in [6.07, 6.45) is 10.3. The van der Waals surface area contributed by atoms with Crippen molar-refractivity contribution in [2.45, 2.75) is 68.6 Å². The molecule has 2 fully saturated rings. The number of benzene rings is 1. The van der Waals surface area contributed by atoms with Crippen LogP contribution in [0.5, 0.6) is 0 Å². The van der Waals surface area contributed by atoms with Crippen LogP contribution in [0.3, 0.4) is 0 Å². The molecule has 6 rings (SSSR count). The van der Waals surface area contributed by atoms with Gasteiger partial charge in [0.2, 0.25) is 0 Å². The molecular weight excluding hydrogens is 492 g/mol. The van der Waals surface area contributed by atoms with Crippen molar-refractivity contribution in [1.29, 1.82) is 0 Å². The van der Waals surface area contributed by atoms with Crippen molar-refractivity contribution in [3.8, 4) is 11.3 Å². The van der Waals surface area contributed by atoms with E-state index >= 15 is 0 Å². The smallest absolute Gasteiger partial charge is 0.265 e. The zero-order valence-corrected chi connectivity index (χ0v) is 21.5. The third-order valence-electron chi connectivity index (χ3n) is 7.50. The van der Waals surface area contributed by atoms with Crippen molar-refractivity contribution >= 4 is 26.6 Å². The number of H-pyrrole nitrogens is 1. The molecule has 4 heterocycles. The lowest BCUT2D eigenvalue weighted by Crippen LogP contribution is -2.21. The number of aromatic nitrogens is 5. The first kappa shape index (κ1) is 24.1. The molecule has 10 nitrogen and oxygen atoms in total. The second-order valence-corrected chi connectivity index (χ2v) is 11.6. The second kappa shape index (κ2) is 9.23. The molecule has 2 aliphatic rings. The van der Waals surface area contributed by atoms with Crippen LogP contribution in [0.2, 0.25) is 0 Å². The van der Waals surface area contributed by atoms with E-state index in [2.05, 4.69) is 19.9 Å². The normalized spacial score (nSPS) is 19.9. The van der Waals surface area contributed by atoms with E-state index in [1.165, 1.54) is 12.4 Å². The standard InChI is InChI=1S/C26H30N6O4S/c1-17-24-22(32(30-17)23-6-2-5-13-36-23)8-7-20(25(24)31-37(34,35)19-15-28-29-16-19)21-14-18(9-12-27-21)26(33)10-3-4-11-26/h7-9,12,14-16,23,31,33H,2-6,10-11,13H2,1H3,(H,28,29). The Morgan fingerprint density at radius 3 is 2.76 bits per heavy atom. The van der Waals surface area contributed by atoms with Crippen LogP contribution in [0.1, 0.15) is 62.4 Å². The zero-order chi connectivity index (χ0) is 25.6. The Labute approximate surface area is 215 Å². The van der Waals surface area contributed by atoms with E-state index in [0.29, 0.717) is 47.5 Å². The van der Waals surface area contributed by atoms with E-state index in [9.17, 15) is 13.5 Å². The van der Waals surface area contributed by atoms with Crippen LogP contribution in [-0.4, -0.2) is 45.1 Å². The van der Waals surface area contributed by atoms with Gasteiger partial charge in [-0.15, -0.1) is 0 Å². The van der Waals surface area contributed by atoms with Crippen molar-refractivity contribution in [2.24, 2.45) is 0 Å². The van der Waals surface area contributed by atoms with Gasteiger partial charge < -0.3 is 9.84 Å². The molecule has 0 spiro atoms. The number of hydrogen-bond donors (Lipinski definition) is 3. The van der Waals surface area contributed by atoms with Gasteiger partial charge in [-0.3, -0.25) is 14.8 Å². The lowest BCUT2D eigenvalue weighted by molar-refractivity contribution is -0.0368. The number of aryl methyl sites for hydroxylation is 1. The minimum Gasteiger partial charge on any atom is -0.385 e. The Morgan fingerprint density at radius 1 is 1.19 bits per heavy atom. The number of sulfonamides is 1. The average Bonchev–Trinajstić information content (AvgIpc) is 3.66. The van der Waals surface area contributed by atoms with Crippen LogP contribution in [0.4, 0.5) is 5.69 Å². The van der Waals surface area contributed by atoms with Crippen molar-refractivity contribution in [3.05, 3.63) is 54.1 Å². The molecule has 3 aromatic heterocycles. The van der Waals surface area contributed by atoms with Crippen molar-refractivity contribution in [2.75, 3.05) is 11.3 Å². The zero-order valence-electron chi connectivity index (χ0n) is 20.6. The predicted octanol–water partition coefficient (Wildman–Crippen LogP) is 4.39. The molecule has 0 bridgehead atoms. The third-order valence-corrected chi connectivity index (χ3v) is 8.82. The van der Waals surface area contributed by atoms with E-state index < -0.39 is 15.6 Å². The highest BCUT2D eigenvalue weighted by Crippen LogP contribution is 2.42. The minimum atomic E-state index is -3.95. The van der Waals surface area contributed by atoms with Gasteiger partial charge in [0, 0.05) is 30.0 Å². The lowest BCUT2D eigenvalue weighted by Gasteiger charge is -2.24. The lowest BCUT2D eigenvalue weighted by atomic mass is 9.91. The summed E-state index contributed by atoms with van der Waals surface area (Å²) in [6.45, 7) is 2.54. The van der Waals surface area contributed by atoms with Crippen LogP contribution in [0, 0.1) is 6.92 Å². The van der Waals surface area contributed by atoms with E-state index in [4.69, 9.17) is 9.84 Å². The number of ether oxygens (including phenoxy) is 1. The summed E-state index contributed by atoms with van der Waals surface area (Å²) >= 11 is 0. The molecule has 1 saturated carbocycles. The molecular formula is C26H30N6O4S. The summed E-state index contributed by atoms with van der Waals surface area (Å²) in [7, 11) is -3.95. The Bertz CT molecular complexity index is 1530. The van der Waals surface area contributed by atoms with Crippen molar-refractivity contribution in [3.63, 3.8) is 0 Å². The molecule has 1 aromatic carbocycles. The number of pyridine rings is 1. The number of anilines is 1. The summed E-state index contributed by atoms with van der Waals surface area (Å²) in [6, 6.07) is 7.51. The van der Waals surface area contributed by atoms with Gasteiger partial charge in [0.1, 0.15) is 4.90 Å². The Kier molecular flexibility index (Phi) is 6.01. The fourth-order valence-corrected chi connectivity index (χ4v) is 6.56. The number of nitrogens with zero attached hydrogens (tertiary/aromatic N) is 4. The highest BCUT2D eigenvalue weighted by atomic mass is 32.2. The highest BCUT2D eigenvalue weighted by Gasteiger charge is 2.34. The fraction of sp³-hybridized carbons (Fsp3) is 0.423. The maximum atomic E-state index is 13.4. The van der Waals surface area contributed by atoms with Gasteiger partial charge >= 0.3 is 0 Å². The molecule has 37 heavy (non-hydrogen) atoms. The first-order valence-electron chi connectivity index (χ1n) is 12.7. The van der Waals surface area contributed by atoms with Gasteiger partial charge in [-0.1, -0.05) is 12.8 Å².